The van der Waals surface area contributed by atoms with Crippen molar-refractivity contribution in [1.82, 2.24) is 4.98 Å². The maximum Gasteiger partial charge on any atom is 0.261 e. The van der Waals surface area contributed by atoms with Crippen LogP contribution in [-0.2, 0) is 16.6 Å². The number of rotatable bonds is 4. The lowest BCUT2D eigenvalue weighted by Crippen LogP contribution is -2.14. The van der Waals surface area contributed by atoms with Gasteiger partial charge in [-0.2, -0.15) is 0 Å². The van der Waals surface area contributed by atoms with Crippen LogP contribution in [0.4, 0.5) is 10.1 Å². The van der Waals surface area contributed by atoms with Crippen molar-refractivity contribution in [3.05, 3.63) is 54.1 Å². The molecule has 0 radical (unpaired) electrons. The van der Waals surface area contributed by atoms with Crippen molar-refractivity contribution < 1.29 is 12.8 Å². The maximum atomic E-state index is 13.4. The number of hydrogen-bond acceptors (Lipinski definition) is 4. The minimum Gasteiger partial charge on any atom is -0.326 e. The van der Waals surface area contributed by atoms with Crippen LogP contribution in [0.25, 0.3) is 0 Å². The Morgan fingerprint density at radius 3 is 2.79 bits per heavy atom. The number of halogens is 1. The van der Waals surface area contributed by atoms with E-state index in [1.807, 2.05) is 0 Å². The normalized spacial score (nSPS) is 11.3. The first-order valence-electron chi connectivity index (χ1n) is 5.44. The third kappa shape index (κ3) is 3.07. The summed E-state index contributed by atoms with van der Waals surface area (Å²) in [4.78, 5) is 3.58. The molecule has 0 saturated carbocycles. The van der Waals surface area contributed by atoms with Crippen LogP contribution in [0.1, 0.15) is 5.56 Å². The first-order valence-corrected chi connectivity index (χ1v) is 6.92. The lowest BCUT2D eigenvalue weighted by Gasteiger charge is -2.09. The van der Waals surface area contributed by atoms with Crippen LogP contribution in [0.2, 0.25) is 0 Å². The summed E-state index contributed by atoms with van der Waals surface area (Å²) >= 11 is 0. The van der Waals surface area contributed by atoms with Crippen LogP contribution in [0, 0.1) is 5.82 Å². The molecule has 7 heteroatoms. The van der Waals surface area contributed by atoms with E-state index in [0.29, 0.717) is 5.56 Å². The number of pyridine rings is 1. The fourth-order valence-corrected chi connectivity index (χ4v) is 2.64. The Balaban J connectivity index is 2.35. The minimum absolute atomic E-state index is 0.0339. The molecule has 3 N–H and O–H groups in total. The highest BCUT2D eigenvalue weighted by atomic mass is 32.2. The van der Waals surface area contributed by atoms with E-state index >= 15 is 0 Å². The first kappa shape index (κ1) is 13.4. The predicted molar refractivity (Wildman–Crippen MR) is 69.3 cm³/mol. The highest BCUT2D eigenvalue weighted by Crippen LogP contribution is 2.18. The number of hydrogen-bond donors (Lipinski definition) is 2. The van der Waals surface area contributed by atoms with Crippen LogP contribution in [0.15, 0.2) is 47.6 Å². The van der Waals surface area contributed by atoms with Crippen molar-refractivity contribution in [1.29, 1.82) is 0 Å². The SMILES string of the molecule is NCc1cccc(S(=O)(=O)Nc2ccncc2F)c1. The summed E-state index contributed by atoms with van der Waals surface area (Å²) in [6.45, 7) is 0.229. The maximum absolute atomic E-state index is 13.4. The summed E-state index contributed by atoms with van der Waals surface area (Å²) in [7, 11) is -3.84. The highest BCUT2D eigenvalue weighted by Gasteiger charge is 2.16. The Bertz CT molecular complexity index is 689. The van der Waals surface area contributed by atoms with Crippen molar-refractivity contribution in [2.24, 2.45) is 5.73 Å². The lowest BCUT2D eigenvalue weighted by molar-refractivity contribution is 0.598. The van der Waals surface area contributed by atoms with E-state index in [1.54, 1.807) is 12.1 Å². The molecule has 0 atom stereocenters. The molecule has 0 saturated heterocycles. The molecule has 0 aliphatic carbocycles. The number of nitrogens with one attached hydrogen (secondary N) is 1. The summed E-state index contributed by atoms with van der Waals surface area (Å²) < 4.78 is 39.7. The van der Waals surface area contributed by atoms with Gasteiger partial charge in [0.05, 0.1) is 16.8 Å². The molecule has 5 nitrogen and oxygen atoms in total. The number of anilines is 1. The molecule has 1 aromatic heterocycles. The lowest BCUT2D eigenvalue weighted by atomic mass is 10.2. The third-order valence-corrected chi connectivity index (χ3v) is 3.82. The molecule has 19 heavy (non-hydrogen) atoms. The van der Waals surface area contributed by atoms with Crippen LogP contribution < -0.4 is 10.5 Å². The summed E-state index contributed by atoms with van der Waals surface area (Å²) in [5.41, 5.74) is 5.99. The molecule has 2 aromatic rings. The van der Waals surface area contributed by atoms with Crippen molar-refractivity contribution in [2.75, 3.05) is 4.72 Å². The fraction of sp³-hybridized carbons (Fsp3) is 0.0833. The summed E-state index contributed by atoms with van der Waals surface area (Å²) in [6.07, 6.45) is 2.24. The third-order valence-electron chi connectivity index (χ3n) is 2.46. The van der Waals surface area contributed by atoms with Gasteiger partial charge in [-0.25, -0.2) is 12.8 Å². The quantitative estimate of drug-likeness (QED) is 0.889. The van der Waals surface area contributed by atoms with Crippen LogP contribution in [0.3, 0.4) is 0 Å². The molecule has 1 aromatic carbocycles. The Kier molecular flexibility index (Phi) is 3.77. The molecule has 100 valence electrons. The minimum atomic E-state index is -3.84. The Labute approximate surface area is 110 Å². The topological polar surface area (TPSA) is 85.1 Å². The van der Waals surface area contributed by atoms with Crippen molar-refractivity contribution in [3.63, 3.8) is 0 Å². The first-order chi connectivity index (χ1) is 9.03. The van der Waals surface area contributed by atoms with E-state index < -0.39 is 15.8 Å². The van der Waals surface area contributed by atoms with E-state index in [1.165, 1.54) is 24.4 Å². The van der Waals surface area contributed by atoms with Crippen LogP contribution in [0.5, 0.6) is 0 Å². The monoisotopic (exact) mass is 281 g/mol. The van der Waals surface area contributed by atoms with Gasteiger partial charge in [-0.05, 0) is 23.8 Å². The fourth-order valence-electron chi connectivity index (χ4n) is 1.50. The summed E-state index contributed by atoms with van der Waals surface area (Å²) in [5.74, 6) is -0.735. The zero-order valence-corrected chi connectivity index (χ0v) is 10.7. The number of benzene rings is 1. The number of nitrogens with two attached hydrogens (primary N) is 1. The van der Waals surface area contributed by atoms with E-state index in [-0.39, 0.29) is 17.1 Å². The molecule has 0 bridgehead atoms. The van der Waals surface area contributed by atoms with Gasteiger partial charge in [-0.15, -0.1) is 0 Å². The Morgan fingerprint density at radius 2 is 2.11 bits per heavy atom. The standard InChI is InChI=1S/C12H12FN3O2S/c13-11-8-15-5-4-12(11)16-19(17,18)10-3-1-2-9(6-10)7-14/h1-6,8H,7,14H2,(H,15,16). The summed E-state index contributed by atoms with van der Waals surface area (Å²) in [6, 6.07) is 7.41. The zero-order valence-electron chi connectivity index (χ0n) is 9.88. The molecule has 0 aliphatic heterocycles. The largest absolute Gasteiger partial charge is 0.326 e. The molecule has 0 amide bonds. The smallest absolute Gasteiger partial charge is 0.261 e. The second-order valence-corrected chi connectivity index (χ2v) is 5.49. The molecule has 2 rings (SSSR count). The molecule has 0 unspecified atom stereocenters. The predicted octanol–water partition coefficient (Wildman–Crippen LogP) is 1.48. The Hall–Kier alpha value is -1.99. The number of sulfonamides is 1. The van der Waals surface area contributed by atoms with E-state index in [0.717, 1.165) is 6.20 Å². The van der Waals surface area contributed by atoms with Gasteiger partial charge in [0, 0.05) is 12.7 Å². The van der Waals surface area contributed by atoms with E-state index in [2.05, 4.69) is 9.71 Å². The Morgan fingerprint density at radius 1 is 1.32 bits per heavy atom. The van der Waals surface area contributed by atoms with Crippen LogP contribution >= 0.6 is 0 Å². The number of nitrogens with zero attached hydrogens (tertiary/aromatic N) is 1. The van der Waals surface area contributed by atoms with Gasteiger partial charge >= 0.3 is 0 Å². The van der Waals surface area contributed by atoms with Gasteiger partial charge in [-0.3, -0.25) is 9.71 Å². The van der Waals surface area contributed by atoms with Crippen molar-refractivity contribution in [3.8, 4) is 0 Å². The molecule has 0 spiro atoms. The van der Waals surface area contributed by atoms with Gasteiger partial charge in [0.1, 0.15) is 0 Å². The van der Waals surface area contributed by atoms with E-state index in [4.69, 9.17) is 5.73 Å². The molecule has 0 fully saturated rings. The highest BCUT2D eigenvalue weighted by molar-refractivity contribution is 7.92. The molecular formula is C12H12FN3O2S. The zero-order chi connectivity index (χ0) is 13.9. The average molecular weight is 281 g/mol. The van der Waals surface area contributed by atoms with Crippen LogP contribution in [-0.4, -0.2) is 13.4 Å². The van der Waals surface area contributed by atoms with Gasteiger partial charge in [0.15, 0.2) is 5.82 Å². The second kappa shape index (κ2) is 5.33. The van der Waals surface area contributed by atoms with Gasteiger partial charge < -0.3 is 5.73 Å². The van der Waals surface area contributed by atoms with E-state index in [9.17, 15) is 12.8 Å². The van der Waals surface area contributed by atoms with Crippen molar-refractivity contribution >= 4 is 15.7 Å². The number of aromatic nitrogens is 1. The second-order valence-electron chi connectivity index (χ2n) is 3.81. The van der Waals surface area contributed by atoms with Crippen molar-refractivity contribution in [2.45, 2.75) is 11.4 Å². The van der Waals surface area contributed by atoms with Gasteiger partial charge in [-0.1, -0.05) is 12.1 Å². The van der Waals surface area contributed by atoms with Gasteiger partial charge in [0.25, 0.3) is 10.0 Å². The average Bonchev–Trinajstić information content (AvgIpc) is 2.41. The molecule has 1 heterocycles. The van der Waals surface area contributed by atoms with Gasteiger partial charge in [0.2, 0.25) is 0 Å². The molecule has 0 aliphatic rings. The summed E-state index contributed by atoms with van der Waals surface area (Å²) in [5, 5.41) is 0. The molecular weight excluding hydrogens is 269 g/mol.